The SMILES string of the molecule is O=C(Nc1nnc2ccccn12)c1coc(C2CCOCC2)n1. The maximum atomic E-state index is 12.3. The summed E-state index contributed by atoms with van der Waals surface area (Å²) in [5.41, 5.74) is 0.894. The fourth-order valence-electron chi connectivity index (χ4n) is 2.62. The fraction of sp³-hybridized carbons (Fsp3) is 0.333. The zero-order chi connectivity index (χ0) is 15.6. The molecule has 4 rings (SSSR count). The lowest BCUT2D eigenvalue weighted by atomic mass is 10.0. The first kappa shape index (κ1) is 13.9. The highest BCUT2D eigenvalue weighted by Gasteiger charge is 2.23. The van der Waals surface area contributed by atoms with Crippen molar-refractivity contribution in [1.29, 1.82) is 0 Å². The predicted molar refractivity (Wildman–Crippen MR) is 80.2 cm³/mol. The van der Waals surface area contributed by atoms with E-state index >= 15 is 0 Å². The molecule has 8 nitrogen and oxygen atoms in total. The highest BCUT2D eigenvalue weighted by molar-refractivity contribution is 6.01. The van der Waals surface area contributed by atoms with Gasteiger partial charge >= 0.3 is 0 Å². The first-order chi connectivity index (χ1) is 11.3. The Labute approximate surface area is 131 Å². The van der Waals surface area contributed by atoms with E-state index in [0.29, 0.717) is 30.7 Å². The maximum absolute atomic E-state index is 12.3. The largest absolute Gasteiger partial charge is 0.448 e. The summed E-state index contributed by atoms with van der Waals surface area (Å²) in [6.45, 7) is 1.39. The van der Waals surface area contributed by atoms with Crippen molar-refractivity contribution in [2.75, 3.05) is 18.5 Å². The van der Waals surface area contributed by atoms with Crippen molar-refractivity contribution in [3.8, 4) is 0 Å². The van der Waals surface area contributed by atoms with Gasteiger partial charge in [0.2, 0.25) is 5.95 Å². The molecule has 1 saturated heterocycles. The van der Waals surface area contributed by atoms with Crippen LogP contribution < -0.4 is 5.32 Å². The van der Waals surface area contributed by atoms with E-state index < -0.39 is 0 Å². The van der Waals surface area contributed by atoms with Gasteiger partial charge in [-0.25, -0.2) is 4.98 Å². The lowest BCUT2D eigenvalue weighted by Gasteiger charge is -2.18. The molecule has 3 aromatic rings. The van der Waals surface area contributed by atoms with Crippen LogP contribution >= 0.6 is 0 Å². The van der Waals surface area contributed by atoms with Gasteiger partial charge in [0.15, 0.2) is 17.2 Å². The number of rotatable bonds is 3. The van der Waals surface area contributed by atoms with E-state index in [-0.39, 0.29) is 17.5 Å². The number of carbonyl (C=O) groups excluding carboxylic acids is 1. The van der Waals surface area contributed by atoms with E-state index in [2.05, 4.69) is 20.5 Å². The van der Waals surface area contributed by atoms with Crippen LogP contribution in [-0.4, -0.2) is 38.7 Å². The Morgan fingerprint density at radius 2 is 2.13 bits per heavy atom. The van der Waals surface area contributed by atoms with E-state index in [1.165, 1.54) is 6.26 Å². The van der Waals surface area contributed by atoms with Crippen LogP contribution in [-0.2, 0) is 4.74 Å². The van der Waals surface area contributed by atoms with Crippen LogP contribution in [0.2, 0.25) is 0 Å². The number of fused-ring (bicyclic) bond motifs is 1. The lowest BCUT2D eigenvalue weighted by Crippen LogP contribution is -2.16. The molecule has 0 bridgehead atoms. The number of oxazole rings is 1. The third kappa shape index (κ3) is 2.68. The smallest absolute Gasteiger partial charge is 0.279 e. The standard InChI is InChI=1S/C15H15N5O3/c21-13(17-15-19-18-12-3-1-2-6-20(12)15)11-9-23-14(16-11)10-4-7-22-8-5-10/h1-3,6,9-10H,4-5,7-8H2,(H,17,19,21). The summed E-state index contributed by atoms with van der Waals surface area (Å²) in [4.78, 5) is 16.6. The molecule has 0 saturated carbocycles. The molecule has 0 radical (unpaired) electrons. The molecule has 8 heteroatoms. The second-order valence-corrected chi connectivity index (χ2v) is 5.36. The van der Waals surface area contributed by atoms with Gasteiger partial charge < -0.3 is 9.15 Å². The predicted octanol–water partition coefficient (Wildman–Crippen LogP) is 1.86. The summed E-state index contributed by atoms with van der Waals surface area (Å²) >= 11 is 0. The van der Waals surface area contributed by atoms with Crippen LogP contribution in [0.4, 0.5) is 5.95 Å². The molecule has 0 unspecified atom stereocenters. The van der Waals surface area contributed by atoms with Gasteiger partial charge in [-0.15, -0.1) is 10.2 Å². The lowest BCUT2D eigenvalue weighted by molar-refractivity contribution is 0.0794. The van der Waals surface area contributed by atoms with Gasteiger partial charge in [-0.05, 0) is 25.0 Å². The summed E-state index contributed by atoms with van der Waals surface area (Å²) < 4.78 is 12.5. The van der Waals surface area contributed by atoms with E-state index in [1.54, 1.807) is 10.6 Å². The first-order valence-electron chi connectivity index (χ1n) is 7.45. The molecule has 4 heterocycles. The second-order valence-electron chi connectivity index (χ2n) is 5.36. The number of carbonyl (C=O) groups is 1. The number of hydrogen-bond acceptors (Lipinski definition) is 6. The van der Waals surface area contributed by atoms with Crippen LogP contribution in [0.5, 0.6) is 0 Å². The number of nitrogens with zero attached hydrogens (tertiary/aromatic N) is 4. The third-order valence-electron chi connectivity index (χ3n) is 3.86. The Kier molecular flexibility index (Phi) is 3.51. The summed E-state index contributed by atoms with van der Waals surface area (Å²) in [7, 11) is 0. The molecular weight excluding hydrogens is 298 g/mol. The summed E-state index contributed by atoms with van der Waals surface area (Å²) in [5, 5.41) is 10.6. The molecular formula is C15H15N5O3. The number of anilines is 1. The van der Waals surface area contributed by atoms with Crippen LogP contribution in [0.3, 0.4) is 0 Å². The van der Waals surface area contributed by atoms with E-state index in [1.807, 2.05) is 18.2 Å². The van der Waals surface area contributed by atoms with Gasteiger partial charge in [0.05, 0.1) is 0 Å². The van der Waals surface area contributed by atoms with Crippen molar-refractivity contribution in [3.05, 3.63) is 42.2 Å². The fourth-order valence-corrected chi connectivity index (χ4v) is 2.62. The summed E-state index contributed by atoms with van der Waals surface area (Å²) in [6, 6.07) is 5.50. The van der Waals surface area contributed by atoms with E-state index in [0.717, 1.165) is 12.8 Å². The molecule has 1 fully saturated rings. The molecule has 118 valence electrons. The van der Waals surface area contributed by atoms with Crippen molar-refractivity contribution in [2.45, 2.75) is 18.8 Å². The average molecular weight is 313 g/mol. The van der Waals surface area contributed by atoms with E-state index in [4.69, 9.17) is 9.15 Å². The zero-order valence-corrected chi connectivity index (χ0v) is 12.3. The molecule has 0 aliphatic carbocycles. The Bertz CT molecular complexity index is 834. The normalized spacial score (nSPS) is 15.8. The molecule has 1 aliphatic rings. The van der Waals surface area contributed by atoms with Crippen molar-refractivity contribution >= 4 is 17.5 Å². The van der Waals surface area contributed by atoms with Gasteiger partial charge in [-0.1, -0.05) is 6.07 Å². The molecule has 0 spiro atoms. The zero-order valence-electron chi connectivity index (χ0n) is 12.3. The molecule has 1 aliphatic heterocycles. The van der Waals surface area contributed by atoms with Crippen LogP contribution in [0.25, 0.3) is 5.65 Å². The van der Waals surface area contributed by atoms with Crippen molar-refractivity contribution < 1.29 is 13.9 Å². The Morgan fingerprint density at radius 3 is 3.00 bits per heavy atom. The van der Waals surface area contributed by atoms with Gasteiger partial charge in [0, 0.05) is 25.3 Å². The Morgan fingerprint density at radius 1 is 1.26 bits per heavy atom. The molecule has 0 aromatic carbocycles. The Balaban J connectivity index is 1.52. The van der Waals surface area contributed by atoms with Gasteiger partial charge in [-0.2, -0.15) is 0 Å². The average Bonchev–Trinajstić information content (AvgIpc) is 3.24. The van der Waals surface area contributed by atoms with Crippen molar-refractivity contribution in [1.82, 2.24) is 19.6 Å². The second kappa shape index (κ2) is 5.81. The molecule has 3 aromatic heterocycles. The van der Waals surface area contributed by atoms with Crippen molar-refractivity contribution in [2.24, 2.45) is 0 Å². The maximum Gasteiger partial charge on any atom is 0.279 e. The number of nitrogens with one attached hydrogen (secondary N) is 1. The highest BCUT2D eigenvalue weighted by atomic mass is 16.5. The highest BCUT2D eigenvalue weighted by Crippen LogP contribution is 2.26. The van der Waals surface area contributed by atoms with Crippen LogP contribution in [0.15, 0.2) is 35.1 Å². The topological polar surface area (TPSA) is 94.6 Å². The van der Waals surface area contributed by atoms with Crippen LogP contribution in [0.1, 0.15) is 35.1 Å². The number of ether oxygens (including phenoxy) is 1. The first-order valence-corrected chi connectivity index (χ1v) is 7.45. The molecule has 1 amide bonds. The number of aromatic nitrogens is 4. The molecule has 23 heavy (non-hydrogen) atoms. The number of hydrogen-bond donors (Lipinski definition) is 1. The number of amides is 1. The quantitative estimate of drug-likeness (QED) is 0.793. The summed E-state index contributed by atoms with van der Waals surface area (Å²) in [5.74, 6) is 0.773. The van der Waals surface area contributed by atoms with Gasteiger partial charge in [0.1, 0.15) is 6.26 Å². The minimum absolute atomic E-state index is 0.208. The number of pyridine rings is 1. The third-order valence-corrected chi connectivity index (χ3v) is 3.86. The van der Waals surface area contributed by atoms with Crippen LogP contribution in [0, 0.1) is 0 Å². The van der Waals surface area contributed by atoms with E-state index in [9.17, 15) is 4.79 Å². The van der Waals surface area contributed by atoms with Crippen molar-refractivity contribution in [3.63, 3.8) is 0 Å². The minimum Gasteiger partial charge on any atom is -0.448 e. The minimum atomic E-state index is -0.370. The van der Waals surface area contributed by atoms with Gasteiger partial charge in [-0.3, -0.25) is 14.5 Å². The Hall–Kier alpha value is -2.74. The van der Waals surface area contributed by atoms with Gasteiger partial charge in [0.25, 0.3) is 5.91 Å². The molecule has 0 atom stereocenters. The monoisotopic (exact) mass is 313 g/mol. The molecule has 1 N–H and O–H groups in total. The summed E-state index contributed by atoms with van der Waals surface area (Å²) in [6.07, 6.45) is 4.87.